The molecule has 6 heteroatoms. The largest absolute Gasteiger partial charge is 0.469 e. The molecule has 3 rings (SSSR count). The van der Waals surface area contributed by atoms with Crippen LogP contribution in [-0.4, -0.2) is 29.8 Å². The molecule has 0 spiro atoms. The lowest BCUT2D eigenvalue weighted by Gasteiger charge is -2.38. The van der Waals surface area contributed by atoms with Gasteiger partial charge in [0.05, 0.1) is 19.2 Å². The van der Waals surface area contributed by atoms with Crippen LogP contribution in [0.3, 0.4) is 0 Å². The fourth-order valence-electron chi connectivity index (χ4n) is 4.99. The number of nitrogens with zero attached hydrogens (tertiary/aromatic N) is 1. The monoisotopic (exact) mass is 447 g/mol. The fraction of sp³-hybridized carbons (Fsp3) is 0.808. The van der Waals surface area contributed by atoms with Crippen LogP contribution in [0.25, 0.3) is 0 Å². The molecular weight excluding hydrogens is 406 g/mol. The van der Waals surface area contributed by atoms with Gasteiger partial charge >= 0.3 is 11.9 Å². The van der Waals surface area contributed by atoms with E-state index in [1.807, 2.05) is 20.8 Å². The predicted octanol–water partition coefficient (Wildman–Crippen LogP) is 6.25. The highest BCUT2D eigenvalue weighted by molar-refractivity contribution is 5.72. The van der Waals surface area contributed by atoms with Crippen LogP contribution in [0.4, 0.5) is 0 Å². The number of rotatable bonds is 9. The van der Waals surface area contributed by atoms with E-state index >= 15 is 0 Å². The predicted molar refractivity (Wildman–Crippen MR) is 122 cm³/mol. The van der Waals surface area contributed by atoms with Gasteiger partial charge in [0.2, 0.25) is 0 Å². The highest BCUT2D eigenvalue weighted by atomic mass is 16.6. The van der Waals surface area contributed by atoms with E-state index in [1.165, 1.54) is 19.1 Å². The molecule has 2 aliphatic carbocycles. The third kappa shape index (κ3) is 6.82. The zero-order valence-electron chi connectivity index (χ0n) is 21.0. The molecule has 0 aromatic carbocycles. The summed E-state index contributed by atoms with van der Waals surface area (Å²) in [6, 6.07) is 0. The topological polar surface area (TPSA) is 78.6 Å². The molecule has 1 aromatic rings. The van der Waals surface area contributed by atoms with Crippen molar-refractivity contribution in [2.75, 3.05) is 7.11 Å². The second kappa shape index (κ2) is 9.56. The Morgan fingerprint density at radius 2 is 1.72 bits per heavy atom. The first kappa shape index (κ1) is 24.8. The second-order valence-corrected chi connectivity index (χ2v) is 12.0. The van der Waals surface area contributed by atoms with Crippen LogP contribution in [0.2, 0.25) is 0 Å². The molecule has 0 radical (unpaired) electrons. The van der Waals surface area contributed by atoms with Crippen molar-refractivity contribution >= 4 is 11.9 Å². The zero-order valence-corrected chi connectivity index (χ0v) is 21.0. The third-order valence-electron chi connectivity index (χ3n) is 6.42. The highest BCUT2D eigenvalue weighted by Crippen LogP contribution is 2.53. The molecule has 0 unspecified atom stereocenters. The molecule has 1 heterocycles. The van der Waals surface area contributed by atoms with E-state index in [9.17, 15) is 9.59 Å². The Balaban J connectivity index is 1.78. The smallest absolute Gasteiger partial charge is 0.306 e. The lowest BCUT2D eigenvalue weighted by molar-refractivity contribution is -0.155. The molecule has 0 bridgehead atoms. The quantitative estimate of drug-likeness (QED) is 0.416. The summed E-state index contributed by atoms with van der Waals surface area (Å²) >= 11 is 0. The van der Waals surface area contributed by atoms with Crippen molar-refractivity contribution < 1.29 is 23.6 Å². The van der Waals surface area contributed by atoms with Gasteiger partial charge in [0.1, 0.15) is 11.4 Å². The van der Waals surface area contributed by atoms with Crippen LogP contribution in [-0.2, 0) is 19.1 Å². The molecular formula is C26H41NO5. The lowest BCUT2D eigenvalue weighted by atomic mass is 9.66. The maximum Gasteiger partial charge on any atom is 0.306 e. The van der Waals surface area contributed by atoms with Crippen LogP contribution in [0.15, 0.2) is 4.52 Å². The van der Waals surface area contributed by atoms with E-state index in [0.717, 1.165) is 43.1 Å². The molecule has 2 aliphatic rings. The first-order chi connectivity index (χ1) is 14.9. The zero-order chi connectivity index (χ0) is 23.7. The van der Waals surface area contributed by atoms with Crippen molar-refractivity contribution in [2.24, 2.45) is 11.3 Å². The summed E-state index contributed by atoms with van der Waals surface area (Å²) in [5.41, 5.74) is 1.86. The van der Waals surface area contributed by atoms with Gasteiger partial charge in [-0.3, -0.25) is 9.59 Å². The number of ether oxygens (including phenoxy) is 2. The van der Waals surface area contributed by atoms with Crippen molar-refractivity contribution in [3.05, 3.63) is 17.0 Å². The molecule has 1 atom stereocenters. The number of esters is 2. The van der Waals surface area contributed by atoms with Crippen molar-refractivity contribution in [1.82, 2.24) is 5.16 Å². The Labute approximate surface area is 192 Å². The maximum absolute atomic E-state index is 12.6. The summed E-state index contributed by atoms with van der Waals surface area (Å²) in [7, 11) is 1.39. The summed E-state index contributed by atoms with van der Waals surface area (Å²) in [4.78, 5) is 24.5. The third-order valence-corrected chi connectivity index (χ3v) is 6.42. The number of carbonyl (C=O) groups excluding carboxylic acids is 2. The van der Waals surface area contributed by atoms with Crippen LogP contribution < -0.4 is 0 Å². The Morgan fingerprint density at radius 1 is 1.06 bits per heavy atom. The molecule has 6 nitrogen and oxygen atoms in total. The van der Waals surface area contributed by atoms with E-state index in [1.54, 1.807) is 0 Å². The van der Waals surface area contributed by atoms with Crippen molar-refractivity contribution in [1.29, 1.82) is 0 Å². The Hall–Kier alpha value is -1.85. The van der Waals surface area contributed by atoms with Crippen molar-refractivity contribution in [3.63, 3.8) is 0 Å². The molecule has 0 saturated heterocycles. The Kier molecular flexibility index (Phi) is 7.41. The van der Waals surface area contributed by atoms with E-state index in [2.05, 4.69) is 25.9 Å². The minimum atomic E-state index is -0.549. The van der Waals surface area contributed by atoms with Crippen LogP contribution >= 0.6 is 0 Å². The normalized spacial score (nSPS) is 22.2. The van der Waals surface area contributed by atoms with Gasteiger partial charge in [-0.1, -0.05) is 25.9 Å². The van der Waals surface area contributed by atoms with E-state index < -0.39 is 5.60 Å². The molecule has 32 heavy (non-hydrogen) atoms. The summed E-state index contributed by atoms with van der Waals surface area (Å²) in [5.74, 6) is 1.89. The standard InChI is InChI=1S/C26H41NO5/c1-25(2,3)15-16-12-19(13-16)24-22(17-8-9-17)23(27-32-24)18(10-11-20(28)30-7)14-21(29)31-26(4,5)6/h16-19H,8-15H2,1-7H3/t16?,18-,19?/m0/s1. The summed E-state index contributed by atoms with van der Waals surface area (Å²) in [5, 5.41) is 4.50. The lowest BCUT2D eigenvalue weighted by Crippen LogP contribution is -2.26. The molecule has 2 fully saturated rings. The SMILES string of the molecule is COC(=O)CC[C@@H](CC(=O)OC(C)(C)C)c1noc(C2CC(CC(C)(C)C)C2)c1C1CC1. The van der Waals surface area contributed by atoms with Crippen molar-refractivity contribution in [2.45, 2.75) is 116 Å². The highest BCUT2D eigenvalue weighted by Gasteiger charge is 2.42. The molecule has 2 saturated carbocycles. The number of carbonyl (C=O) groups is 2. The summed E-state index contributed by atoms with van der Waals surface area (Å²) in [6.45, 7) is 12.5. The average Bonchev–Trinajstić information content (AvgIpc) is 3.37. The molecule has 0 aliphatic heterocycles. The van der Waals surface area contributed by atoms with Gasteiger partial charge in [-0.15, -0.1) is 0 Å². The molecule has 1 aromatic heterocycles. The molecule has 0 amide bonds. The van der Waals surface area contributed by atoms with E-state index in [4.69, 9.17) is 14.0 Å². The van der Waals surface area contributed by atoms with Gasteiger partial charge in [0.15, 0.2) is 0 Å². The average molecular weight is 448 g/mol. The summed E-state index contributed by atoms with van der Waals surface area (Å²) < 4.78 is 16.4. The fourth-order valence-corrected chi connectivity index (χ4v) is 4.99. The van der Waals surface area contributed by atoms with E-state index in [-0.39, 0.29) is 30.7 Å². The minimum Gasteiger partial charge on any atom is -0.469 e. The maximum atomic E-state index is 12.6. The van der Waals surface area contributed by atoms with Crippen LogP contribution in [0, 0.1) is 11.3 Å². The van der Waals surface area contributed by atoms with Gasteiger partial charge < -0.3 is 14.0 Å². The first-order valence-corrected chi connectivity index (χ1v) is 12.1. The van der Waals surface area contributed by atoms with Gasteiger partial charge in [-0.05, 0) is 76.5 Å². The number of hydrogen-bond acceptors (Lipinski definition) is 6. The van der Waals surface area contributed by atoms with Gasteiger partial charge in [0.25, 0.3) is 0 Å². The second-order valence-electron chi connectivity index (χ2n) is 12.0. The summed E-state index contributed by atoms with van der Waals surface area (Å²) in [6.07, 6.45) is 6.71. The van der Waals surface area contributed by atoms with Crippen LogP contribution in [0.5, 0.6) is 0 Å². The van der Waals surface area contributed by atoms with Gasteiger partial charge in [0, 0.05) is 23.8 Å². The number of aromatic nitrogens is 1. The minimum absolute atomic E-state index is 0.192. The Morgan fingerprint density at radius 3 is 2.25 bits per heavy atom. The Bertz CT molecular complexity index is 803. The van der Waals surface area contributed by atoms with Crippen LogP contribution in [0.1, 0.15) is 128 Å². The van der Waals surface area contributed by atoms with Crippen molar-refractivity contribution in [3.8, 4) is 0 Å². The first-order valence-electron chi connectivity index (χ1n) is 12.1. The van der Waals surface area contributed by atoms with Gasteiger partial charge in [-0.25, -0.2) is 0 Å². The number of hydrogen-bond donors (Lipinski definition) is 0. The molecule has 0 N–H and O–H groups in total. The van der Waals surface area contributed by atoms with E-state index in [0.29, 0.717) is 23.7 Å². The van der Waals surface area contributed by atoms with Gasteiger partial charge in [-0.2, -0.15) is 0 Å². The number of methoxy groups -OCH3 is 1. The molecule has 180 valence electrons.